The van der Waals surface area contributed by atoms with E-state index in [0.717, 1.165) is 109 Å². The largest absolute Gasteiger partial charge is 0.395 e. The Kier molecular flexibility index (Phi) is 72.2. The Hall–Kier alpha value is -2.88. The van der Waals surface area contributed by atoms with Crippen LogP contribution in [0.2, 0.25) is 0 Å². The summed E-state index contributed by atoms with van der Waals surface area (Å²) in [4.78, 5) is 51.4. The van der Waals surface area contributed by atoms with Crippen LogP contribution in [0.15, 0.2) is 48.6 Å². The van der Waals surface area contributed by atoms with Crippen molar-refractivity contribution < 1.29 is 34.5 Å². The van der Waals surface area contributed by atoms with Crippen molar-refractivity contribution in [3.63, 3.8) is 0 Å². The van der Waals surface area contributed by atoms with Gasteiger partial charge < -0.3 is 26.0 Å². The molecule has 0 aromatic rings. The maximum Gasteiger partial charge on any atom is 0.230 e. The van der Waals surface area contributed by atoms with E-state index in [0.29, 0.717) is 25.7 Å². The zero-order valence-corrected chi connectivity index (χ0v) is 57.3. The number of aliphatic hydroxyl groups excluding tert-OH is 3. The molecule has 0 saturated carbocycles. The van der Waals surface area contributed by atoms with Crippen molar-refractivity contribution in [2.24, 2.45) is 11.8 Å². The molecule has 0 aromatic carbocycles. The standard InChI is InChI=1S/C39H73NO4.C38H71NO3/c1-3-5-7-9-11-13-15-17-19-21-23-25-27-29-31-33-38(43)37(39(44)40-36(34-41)35-42)32-30-28-26-24-22-20-18-16-14-12-10-8-6-4-2;1-3-5-7-9-11-13-15-17-19-21-23-25-27-29-31-33-37(41)36(38(42)39-34-35-40)32-30-28-26-24-22-20-18-16-14-12-10-8-6-4-2/h17-20,36-37,41-42H,3-16,21-35H2,1-2H3,(H,40,44);17-20,36,40H,3-16,21-35H2,1-2H3,(H,39,42)/b2*19-17-,20-18-. The van der Waals surface area contributed by atoms with Gasteiger partial charge in [0, 0.05) is 19.4 Å². The van der Waals surface area contributed by atoms with Gasteiger partial charge in [-0.3, -0.25) is 19.2 Å². The fraction of sp³-hybridized carbons (Fsp3) is 0.844. The lowest BCUT2D eigenvalue weighted by Crippen LogP contribution is -2.45. The van der Waals surface area contributed by atoms with E-state index >= 15 is 0 Å². The van der Waals surface area contributed by atoms with Crippen molar-refractivity contribution >= 4 is 23.4 Å². The number of carbonyl (C=O) groups is 4. The Balaban J connectivity index is 0. The highest BCUT2D eigenvalue weighted by Crippen LogP contribution is 2.21. The summed E-state index contributed by atoms with van der Waals surface area (Å²) in [5.74, 6) is -1.67. The van der Waals surface area contributed by atoms with Crippen LogP contribution < -0.4 is 10.6 Å². The molecule has 86 heavy (non-hydrogen) atoms. The highest BCUT2D eigenvalue weighted by Gasteiger charge is 2.27. The molecule has 2 atom stereocenters. The molecule has 2 amide bonds. The van der Waals surface area contributed by atoms with Crippen LogP contribution in [-0.2, 0) is 19.2 Å². The number of allylic oxidation sites excluding steroid dienone is 8. The number of ketones is 2. The van der Waals surface area contributed by atoms with Gasteiger partial charge in [-0.15, -0.1) is 0 Å². The highest BCUT2D eigenvalue weighted by atomic mass is 16.3. The van der Waals surface area contributed by atoms with E-state index in [1.165, 1.54) is 212 Å². The predicted octanol–water partition coefficient (Wildman–Crippen LogP) is 21.3. The summed E-state index contributed by atoms with van der Waals surface area (Å²) in [5, 5.41) is 33.3. The fourth-order valence-electron chi connectivity index (χ4n) is 11.2. The lowest BCUT2D eigenvalue weighted by molar-refractivity contribution is -0.136. The van der Waals surface area contributed by atoms with Gasteiger partial charge in [0.05, 0.1) is 37.7 Å². The predicted molar refractivity (Wildman–Crippen MR) is 372 cm³/mol. The van der Waals surface area contributed by atoms with Crippen LogP contribution in [0.25, 0.3) is 0 Å². The summed E-state index contributed by atoms with van der Waals surface area (Å²) in [6.07, 6.45) is 81.8. The van der Waals surface area contributed by atoms with Gasteiger partial charge in [-0.1, -0.05) is 282 Å². The molecule has 2 unspecified atom stereocenters. The lowest BCUT2D eigenvalue weighted by atomic mass is 9.91. The van der Waals surface area contributed by atoms with Crippen LogP contribution in [0, 0.1) is 11.8 Å². The Morgan fingerprint density at radius 1 is 0.302 bits per heavy atom. The van der Waals surface area contributed by atoms with Crippen molar-refractivity contribution in [3.8, 4) is 0 Å². The quantitative estimate of drug-likeness (QED) is 0.0231. The van der Waals surface area contributed by atoms with Crippen molar-refractivity contribution in [2.45, 2.75) is 380 Å². The van der Waals surface area contributed by atoms with Crippen LogP contribution >= 0.6 is 0 Å². The summed E-state index contributed by atoms with van der Waals surface area (Å²) in [6, 6.07) is -0.708. The number of nitrogens with one attached hydrogen (secondary N) is 2. The third-order valence-electron chi connectivity index (χ3n) is 17.0. The number of carbonyl (C=O) groups excluding carboxylic acids is 4. The van der Waals surface area contributed by atoms with Gasteiger partial charge in [0.1, 0.15) is 11.6 Å². The van der Waals surface area contributed by atoms with Gasteiger partial charge in [-0.05, 0) is 128 Å². The third kappa shape index (κ3) is 62.7. The maximum atomic E-state index is 13.0. The summed E-state index contributed by atoms with van der Waals surface area (Å²) < 4.78 is 0. The van der Waals surface area contributed by atoms with Gasteiger partial charge in [0.15, 0.2) is 0 Å². The number of amides is 2. The van der Waals surface area contributed by atoms with Crippen molar-refractivity contribution in [2.75, 3.05) is 26.4 Å². The van der Waals surface area contributed by atoms with E-state index in [2.05, 4.69) is 86.9 Å². The minimum absolute atomic E-state index is 0.00684. The Morgan fingerprint density at radius 3 is 0.791 bits per heavy atom. The fourth-order valence-corrected chi connectivity index (χ4v) is 11.2. The molecule has 9 nitrogen and oxygen atoms in total. The van der Waals surface area contributed by atoms with E-state index < -0.39 is 17.9 Å². The maximum absolute atomic E-state index is 13.0. The van der Waals surface area contributed by atoms with Crippen LogP contribution in [0.4, 0.5) is 0 Å². The van der Waals surface area contributed by atoms with Gasteiger partial charge in [-0.25, -0.2) is 0 Å². The zero-order valence-electron chi connectivity index (χ0n) is 57.3. The van der Waals surface area contributed by atoms with Crippen LogP contribution in [0.5, 0.6) is 0 Å². The molecule has 504 valence electrons. The molecule has 0 radical (unpaired) electrons. The molecule has 0 aliphatic rings. The number of aliphatic hydroxyl groups is 3. The number of hydrogen-bond donors (Lipinski definition) is 5. The van der Waals surface area contributed by atoms with Gasteiger partial charge in [-0.2, -0.15) is 0 Å². The molecule has 0 fully saturated rings. The van der Waals surface area contributed by atoms with E-state index in [1.807, 2.05) is 0 Å². The van der Waals surface area contributed by atoms with Gasteiger partial charge in [0.25, 0.3) is 0 Å². The monoisotopic (exact) mass is 1210 g/mol. The minimum Gasteiger partial charge on any atom is -0.395 e. The van der Waals surface area contributed by atoms with E-state index in [-0.39, 0.29) is 49.7 Å². The molecular weight excluding hydrogens is 1060 g/mol. The topological polar surface area (TPSA) is 153 Å². The number of rotatable bonds is 67. The van der Waals surface area contributed by atoms with E-state index in [4.69, 9.17) is 5.11 Å². The molecule has 9 heteroatoms. The molecule has 5 N–H and O–H groups in total. The average Bonchev–Trinajstić information content (AvgIpc) is 3.72. The van der Waals surface area contributed by atoms with Crippen LogP contribution in [0.3, 0.4) is 0 Å². The first-order valence-corrected chi connectivity index (χ1v) is 37.3. The number of unbranched alkanes of at least 4 members (excludes halogenated alkanes) is 42. The van der Waals surface area contributed by atoms with Crippen molar-refractivity contribution in [1.29, 1.82) is 0 Å². The second-order valence-corrected chi connectivity index (χ2v) is 25.3. The molecule has 0 aromatic heterocycles. The van der Waals surface area contributed by atoms with Gasteiger partial charge in [0.2, 0.25) is 11.8 Å². The normalized spacial score (nSPS) is 12.5. The molecule has 0 saturated heterocycles. The first-order chi connectivity index (χ1) is 42.3. The number of hydrogen-bond acceptors (Lipinski definition) is 7. The molecule has 0 bridgehead atoms. The van der Waals surface area contributed by atoms with Crippen molar-refractivity contribution in [3.05, 3.63) is 48.6 Å². The highest BCUT2D eigenvalue weighted by molar-refractivity contribution is 6.02. The minimum atomic E-state index is -0.708. The molecule has 0 spiro atoms. The number of Topliss-reactive ketones (excluding diaryl/α,β-unsaturated/α-hetero) is 2. The zero-order chi connectivity index (χ0) is 63.1. The summed E-state index contributed by atoms with van der Waals surface area (Å²) in [5.41, 5.74) is 0. The Labute approximate surface area is 533 Å². The molecule has 0 aliphatic carbocycles. The van der Waals surface area contributed by atoms with Crippen LogP contribution in [0.1, 0.15) is 374 Å². The van der Waals surface area contributed by atoms with Gasteiger partial charge >= 0.3 is 0 Å². The average molecular weight is 1210 g/mol. The molecule has 0 aliphatic heterocycles. The molecule has 0 rings (SSSR count). The third-order valence-corrected chi connectivity index (χ3v) is 17.0. The van der Waals surface area contributed by atoms with Crippen molar-refractivity contribution in [1.82, 2.24) is 10.6 Å². The Morgan fingerprint density at radius 2 is 0.535 bits per heavy atom. The first kappa shape index (κ1) is 85.2. The summed E-state index contributed by atoms with van der Waals surface area (Å²) >= 11 is 0. The molecular formula is C77H144N2O7. The van der Waals surface area contributed by atoms with E-state index in [1.54, 1.807) is 0 Å². The lowest BCUT2D eigenvalue weighted by Gasteiger charge is -2.19. The van der Waals surface area contributed by atoms with Crippen LogP contribution in [-0.4, -0.2) is 71.1 Å². The SMILES string of the molecule is CCCCCCCC/C=C\CCCCCCCC(=O)C(CCCCCC/C=C\CCCCCCCC)C(=O)NC(CO)CO.CCCCCCCC/C=C\CCCCCCCC(=O)C(CCCCCC/C=C\CCCCCCCC)C(=O)NCCO. The molecule has 0 heterocycles. The first-order valence-electron chi connectivity index (χ1n) is 37.3. The van der Waals surface area contributed by atoms with E-state index in [9.17, 15) is 29.4 Å². The second kappa shape index (κ2) is 72.9. The summed E-state index contributed by atoms with van der Waals surface area (Å²) in [7, 11) is 0. The smallest absolute Gasteiger partial charge is 0.230 e. The summed E-state index contributed by atoms with van der Waals surface area (Å²) in [6.45, 7) is 8.51. The Bertz CT molecular complexity index is 1550. The second-order valence-electron chi connectivity index (χ2n) is 25.3.